The average Bonchev–Trinajstić information content (AvgIpc) is 3.14. The standard InChI is InChI=1S/C13H17BrClNO2/c14-12-4-3-10(15)5-13(12)16-6-11(17)8-18-7-9-1-2-9/h3-5,9,11,16-17H,1-2,6-8H2. The van der Waals surface area contributed by atoms with Crippen LogP contribution in [0.3, 0.4) is 0 Å². The van der Waals surface area contributed by atoms with E-state index in [2.05, 4.69) is 21.2 Å². The predicted octanol–water partition coefficient (Wildman–Crippen LogP) is 3.30. The lowest BCUT2D eigenvalue weighted by molar-refractivity contribution is 0.0386. The summed E-state index contributed by atoms with van der Waals surface area (Å²) in [6.07, 6.45) is 2.03. The quantitative estimate of drug-likeness (QED) is 0.804. The van der Waals surface area contributed by atoms with Crippen molar-refractivity contribution in [2.45, 2.75) is 18.9 Å². The summed E-state index contributed by atoms with van der Waals surface area (Å²) in [5, 5.41) is 13.6. The zero-order valence-corrected chi connectivity index (χ0v) is 12.4. The van der Waals surface area contributed by atoms with Crippen molar-refractivity contribution in [2.24, 2.45) is 5.92 Å². The van der Waals surface area contributed by atoms with Gasteiger partial charge in [-0.15, -0.1) is 0 Å². The van der Waals surface area contributed by atoms with Gasteiger partial charge in [0, 0.05) is 28.3 Å². The van der Waals surface area contributed by atoms with Crippen LogP contribution in [0.25, 0.3) is 0 Å². The highest BCUT2D eigenvalue weighted by molar-refractivity contribution is 9.10. The van der Waals surface area contributed by atoms with Crippen LogP contribution in [0.4, 0.5) is 5.69 Å². The van der Waals surface area contributed by atoms with Crippen molar-refractivity contribution < 1.29 is 9.84 Å². The molecular weight excluding hydrogens is 318 g/mol. The van der Waals surface area contributed by atoms with Gasteiger partial charge < -0.3 is 15.2 Å². The predicted molar refractivity (Wildman–Crippen MR) is 77.2 cm³/mol. The molecule has 2 N–H and O–H groups in total. The number of aliphatic hydroxyl groups is 1. The monoisotopic (exact) mass is 333 g/mol. The fourth-order valence-electron chi connectivity index (χ4n) is 1.57. The molecule has 18 heavy (non-hydrogen) atoms. The molecule has 1 aromatic rings. The van der Waals surface area contributed by atoms with E-state index in [0.29, 0.717) is 18.2 Å². The van der Waals surface area contributed by atoms with Crippen LogP contribution < -0.4 is 5.32 Å². The molecule has 0 aliphatic heterocycles. The minimum Gasteiger partial charge on any atom is -0.389 e. The molecule has 1 aromatic carbocycles. The zero-order chi connectivity index (χ0) is 13.0. The number of halogens is 2. The number of ether oxygens (including phenoxy) is 1. The lowest BCUT2D eigenvalue weighted by atomic mass is 10.3. The van der Waals surface area contributed by atoms with Gasteiger partial charge in [-0.05, 0) is 52.9 Å². The van der Waals surface area contributed by atoms with Crippen molar-refractivity contribution in [2.75, 3.05) is 25.1 Å². The molecule has 1 aliphatic rings. The van der Waals surface area contributed by atoms with Crippen molar-refractivity contribution in [3.63, 3.8) is 0 Å². The SMILES string of the molecule is OC(CNc1cc(Cl)ccc1Br)COCC1CC1. The van der Waals surface area contributed by atoms with Gasteiger partial charge in [-0.25, -0.2) is 0 Å². The van der Waals surface area contributed by atoms with E-state index < -0.39 is 6.10 Å². The van der Waals surface area contributed by atoms with E-state index >= 15 is 0 Å². The Labute approximate surface area is 121 Å². The molecular formula is C13H17BrClNO2. The van der Waals surface area contributed by atoms with E-state index in [4.69, 9.17) is 16.3 Å². The summed E-state index contributed by atoms with van der Waals surface area (Å²) in [5.41, 5.74) is 0.878. The summed E-state index contributed by atoms with van der Waals surface area (Å²) in [4.78, 5) is 0. The Kier molecular flexibility index (Phi) is 5.30. The van der Waals surface area contributed by atoms with Gasteiger partial charge in [0.1, 0.15) is 0 Å². The molecule has 0 saturated heterocycles. The summed E-state index contributed by atoms with van der Waals surface area (Å²) in [7, 11) is 0. The Hall–Kier alpha value is -0.290. The van der Waals surface area contributed by atoms with Crippen LogP contribution in [0.5, 0.6) is 0 Å². The largest absolute Gasteiger partial charge is 0.389 e. The second-order valence-electron chi connectivity index (χ2n) is 4.64. The maximum Gasteiger partial charge on any atom is 0.0945 e. The molecule has 1 aliphatic carbocycles. The van der Waals surface area contributed by atoms with E-state index in [1.807, 2.05) is 18.2 Å². The van der Waals surface area contributed by atoms with Crippen LogP contribution in [0.2, 0.25) is 5.02 Å². The second-order valence-corrected chi connectivity index (χ2v) is 5.93. The Morgan fingerprint density at radius 2 is 2.28 bits per heavy atom. The number of rotatable bonds is 7. The van der Waals surface area contributed by atoms with Crippen LogP contribution in [0, 0.1) is 5.92 Å². The highest BCUT2D eigenvalue weighted by Gasteiger charge is 2.21. The van der Waals surface area contributed by atoms with Crippen molar-refractivity contribution >= 4 is 33.2 Å². The molecule has 2 rings (SSSR count). The van der Waals surface area contributed by atoms with E-state index in [9.17, 15) is 5.11 Å². The van der Waals surface area contributed by atoms with E-state index in [0.717, 1.165) is 22.7 Å². The molecule has 1 unspecified atom stereocenters. The molecule has 0 spiro atoms. The molecule has 3 nitrogen and oxygen atoms in total. The smallest absolute Gasteiger partial charge is 0.0945 e. The first-order valence-corrected chi connectivity index (χ1v) is 7.27. The van der Waals surface area contributed by atoms with Gasteiger partial charge in [-0.3, -0.25) is 0 Å². The summed E-state index contributed by atoms with van der Waals surface area (Å²) in [5.74, 6) is 0.729. The fraction of sp³-hybridized carbons (Fsp3) is 0.538. The average molecular weight is 335 g/mol. The molecule has 0 radical (unpaired) electrons. The third-order valence-electron chi connectivity index (χ3n) is 2.82. The topological polar surface area (TPSA) is 41.5 Å². The molecule has 5 heteroatoms. The van der Waals surface area contributed by atoms with E-state index in [-0.39, 0.29) is 0 Å². The summed E-state index contributed by atoms with van der Waals surface area (Å²) >= 11 is 9.34. The second kappa shape index (κ2) is 6.75. The summed E-state index contributed by atoms with van der Waals surface area (Å²) in [6, 6.07) is 5.51. The molecule has 100 valence electrons. The maximum atomic E-state index is 9.77. The Morgan fingerprint density at radius 1 is 1.50 bits per heavy atom. The molecule has 1 saturated carbocycles. The van der Waals surface area contributed by atoms with Crippen LogP contribution >= 0.6 is 27.5 Å². The third-order valence-corrected chi connectivity index (χ3v) is 3.74. The molecule has 1 atom stereocenters. The Bertz CT molecular complexity index is 399. The van der Waals surface area contributed by atoms with Crippen molar-refractivity contribution in [1.82, 2.24) is 0 Å². The van der Waals surface area contributed by atoms with Crippen LogP contribution in [-0.2, 0) is 4.74 Å². The zero-order valence-electron chi connectivity index (χ0n) is 10.0. The summed E-state index contributed by atoms with van der Waals surface area (Å²) < 4.78 is 6.36. The Balaban J connectivity index is 1.70. The van der Waals surface area contributed by atoms with Crippen molar-refractivity contribution in [1.29, 1.82) is 0 Å². The number of anilines is 1. The van der Waals surface area contributed by atoms with Crippen LogP contribution in [0.1, 0.15) is 12.8 Å². The van der Waals surface area contributed by atoms with Gasteiger partial charge in [0.25, 0.3) is 0 Å². The minimum atomic E-state index is -0.505. The highest BCUT2D eigenvalue weighted by atomic mass is 79.9. The lowest BCUT2D eigenvalue weighted by Gasteiger charge is -2.14. The van der Waals surface area contributed by atoms with Crippen molar-refractivity contribution in [3.05, 3.63) is 27.7 Å². The molecule has 0 heterocycles. The van der Waals surface area contributed by atoms with E-state index in [1.54, 1.807) is 0 Å². The first-order valence-electron chi connectivity index (χ1n) is 6.10. The minimum absolute atomic E-state index is 0.377. The third kappa shape index (κ3) is 4.76. The first-order chi connectivity index (χ1) is 8.65. The van der Waals surface area contributed by atoms with Gasteiger partial charge in [0.05, 0.1) is 12.7 Å². The number of benzene rings is 1. The molecule has 1 fully saturated rings. The first kappa shape index (κ1) is 14.1. The van der Waals surface area contributed by atoms with Gasteiger partial charge in [-0.1, -0.05) is 11.6 Å². The number of hydrogen-bond donors (Lipinski definition) is 2. The normalized spacial score (nSPS) is 16.6. The molecule has 0 bridgehead atoms. The molecule has 0 aromatic heterocycles. The number of nitrogens with one attached hydrogen (secondary N) is 1. The number of hydrogen-bond acceptors (Lipinski definition) is 3. The van der Waals surface area contributed by atoms with E-state index in [1.165, 1.54) is 12.8 Å². The molecule has 0 amide bonds. The maximum absolute atomic E-state index is 9.77. The van der Waals surface area contributed by atoms with Gasteiger partial charge in [0.15, 0.2) is 0 Å². The van der Waals surface area contributed by atoms with Gasteiger partial charge in [0.2, 0.25) is 0 Å². The Morgan fingerprint density at radius 3 is 3.00 bits per heavy atom. The summed E-state index contributed by atoms with van der Waals surface area (Å²) in [6.45, 7) is 1.60. The van der Waals surface area contributed by atoms with Crippen LogP contribution in [-0.4, -0.2) is 31.0 Å². The number of aliphatic hydroxyl groups excluding tert-OH is 1. The van der Waals surface area contributed by atoms with Gasteiger partial charge in [-0.2, -0.15) is 0 Å². The highest BCUT2D eigenvalue weighted by Crippen LogP contribution is 2.29. The fourth-order valence-corrected chi connectivity index (χ4v) is 2.13. The lowest BCUT2D eigenvalue weighted by Crippen LogP contribution is -2.25. The van der Waals surface area contributed by atoms with Crippen LogP contribution in [0.15, 0.2) is 22.7 Å². The van der Waals surface area contributed by atoms with Crippen molar-refractivity contribution in [3.8, 4) is 0 Å². The van der Waals surface area contributed by atoms with Gasteiger partial charge >= 0.3 is 0 Å².